The maximum Gasteiger partial charge on any atom is 0.290 e. The predicted molar refractivity (Wildman–Crippen MR) is 87.2 cm³/mol. The lowest BCUT2D eigenvalue weighted by molar-refractivity contribution is -0.126. The Hall–Kier alpha value is -2.67. The number of hydrogen-bond donors (Lipinski definition) is 2. The Morgan fingerprint density at radius 1 is 1.38 bits per heavy atom. The highest BCUT2D eigenvalue weighted by molar-refractivity contribution is 5.96. The fourth-order valence-corrected chi connectivity index (χ4v) is 2.71. The van der Waals surface area contributed by atoms with Gasteiger partial charge in [-0.1, -0.05) is 0 Å². The minimum absolute atomic E-state index is 0.184. The van der Waals surface area contributed by atoms with Crippen LogP contribution < -0.4 is 10.6 Å². The Balaban J connectivity index is 1.68. The first kappa shape index (κ1) is 16.2. The zero-order chi connectivity index (χ0) is 16.9. The summed E-state index contributed by atoms with van der Waals surface area (Å²) < 4.78 is 5.29. The van der Waals surface area contributed by atoms with Gasteiger partial charge in [-0.05, 0) is 30.7 Å². The highest BCUT2D eigenvalue weighted by atomic mass is 16.3. The van der Waals surface area contributed by atoms with Crippen molar-refractivity contribution in [1.82, 2.24) is 20.5 Å². The Morgan fingerprint density at radius 2 is 2.17 bits per heavy atom. The average Bonchev–Trinajstić information content (AvgIpc) is 3.06. The van der Waals surface area contributed by atoms with E-state index < -0.39 is 6.04 Å². The number of aryl methyl sites for hydroxylation is 1. The van der Waals surface area contributed by atoms with Crippen molar-refractivity contribution in [3.8, 4) is 0 Å². The molecule has 0 aliphatic carbocycles. The Kier molecular flexibility index (Phi) is 4.90. The summed E-state index contributed by atoms with van der Waals surface area (Å²) in [5, 5.41) is 6.05. The molecule has 1 aliphatic heterocycles. The third-order valence-corrected chi connectivity index (χ3v) is 4.08. The zero-order valence-electron chi connectivity index (χ0n) is 13.5. The van der Waals surface area contributed by atoms with E-state index in [9.17, 15) is 9.59 Å². The van der Waals surface area contributed by atoms with Crippen LogP contribution in [0.4, 0.5) is 0 Å². The molecule has 1 unspecified atom stereocenters. The van der Waals surface area contributed by atoms with Crippen molar-refractivity contribution in [2.24, 2.45) is 0 Å². The Bertz CT molecular complexity index is 714. The fourth-order valence-electron chi connectivity index (χ4n) is 2.71. The van der Waals surface area contributed by atoms with Gasteiger partial charge in [-0.15, -0.1) is 0 Å². The van der Waals surface area contributed by atoms with Gasteiger partial charge in [-0.2, -0.15) is 0 Å². The molecular weight excluding hydrogens is 308 g/mol. The molecule has 0 saturated carbocycles. The van der Waals surface area contributed by atoms with Crippen LogP contribution in [0.3, 0.4) is 0 Å². The molecule has 0 aromatic carbocycles. The normalized spacial score (nSPS) is 17.5. The summed E-state index contributed by atoms with van der Waals surface area (Å²) in [7, 11) is 0. The van der Waals surface area contributed by atoms with Crippen molar-refractivity contribution >= 4 is 11.8 Å². The van der Waals surface area contributed by atoms with Gasteiger partial charge in [0.2, 0.25) is 5.91 Å². The molecule has 7 nitrogen and oxygen atoms in total. The molecule has 3 rings (SSSR count). The Morgan fingerprint density at radius 3 is 2.88 bits per heavy atom. The highest BCUT2D eigenvalue weighted by Crippen LogP contribution is 2.15. The standard InChI is InChI=1S/C17H20N4O3/c1-12-4-9-24-15(12)17(23)21-8-7-19-11-14(21)16(22)20-10-13-2-5-18-6-3-13/h2-6,9,14,19H,7-8,10-11H2,1H3,(H,20,22). The molecule has 24 heavy (non-hydrogen) atoms. The smallest absolute Gasteiger partial charge is 0.290 e. The van der Waals surface area contributed by atoms with E-state index >= 15 is 0 Å². The molecule has 126 valence electrons. The van der Waals surface area contributed by atoms with Gasteiger partial charge in [0.25, 0.3) is 5.91 Å². The number of nitrogens with one attached hydrogen (secondary N) is 2. The van der Waals surface area contributed by atoms with Gasteiger partial charge in [-0.25, -0.2) is 0 Å². The van der Waals surface area contributed by atoms with Crippen LogP contribution in [0.5, 0.6) is 0 Å². The SMILES string of the molecule is Cc1ccoc1C(=O)N1CCNCC1C(=O)NCc1ccncc1. The molecule has 1 atom stereocenters. The van der Waals surface area contributed by atoms with E-state index in [1.165, 1.54) is 6.26 Å². The molecule has 2 N–H and O–H groups in total. The lowest BCUT2D eigenvalue weighted by Gasteiger charge is -2.34. The molecule has 0 radical (unpaired) electrons. The summed E-state index contributed by atoms with van der Waals surface area (Å²) in [6.07, 6.45) is 4.85. The number of hydrogen-bond acceptors (Lipinski definition) is 5. The highest BCUT2D eigenvalue weighted by Gasteiger charge is 2.34. The van der Waals surface area contributed by atoms with Crippen LogP contribution in [-0.4, -0.2) is 47.4 Å². The molecule has 0 bridgehead atoms. The summed E-state index contributed by atoms with van der Waals surface area (Å²) in [6.45, 7) is 3.76. The molecule has 2 aromatic rings. The molecular formula is C17H20N4O3. The number of aromatic nitrogens is 1. The molecule has 0 spiro atoms. The topological polar surface area (TPSA) is 87.5 Å². The van der Waals surface area contributed by atoms with Crippen LogP contribution in [0.25, 0.3) is 0 Å². The lowest BCUT2D eigenvalue weighted by Crippen LogP contribution is -2.59. The van der Waals surface area contributed by atoms with Gasteiger partial charge in [0.05, 0.1) is 6.26 Å². The van der Waals surface area contributed by atoms with E-state index in [-0.39, 0.29) is 11.8 Å². The van der Waals surface area contributed by atoms with E-state index in [2.05, 4.69) is 15.6 Å². The van der Waals surface area contributed by atoms with E-state index in [1.807, 2.05) is 19.1 Å². The lowest BCUT2D eigenvalue weighted by atomic mass is 10.1. The largest absolute Gasteiger partial charge is 0.459 e. The molecule has 2 aromatic heterocycles. The van der Waals surface area contributed by atoms with E-state index in [4.69, 9.17) is 4.42 Å². The summed E-state index contributed by atoms with van der Waals surface area (Å²) in [5.41, 5.74) is 1.73. The minimum Gasteiger partial charge on any atom is -0.459 e. The maximum absolute atomic E-state index is 12.7. The summed E-state index contributed by atoms with van der Waals surface area (Å²) in [5.74, 6) is -0.136. The Labute approximate surface area is 140 Å². The van der Waals surface area contributed by atoms with Gasteiger partial charge in [0.1, 0.15) is 6.04 Å². The number of furan rings is 1. The number of carbonyl (C=O) groups excluding carboxylic acids is 2. The first-order valence-electron chi connectivity index (χ1n) is 7.89. The molecule has 1 saturated heterocycles. The summed E-state index contributed by atoms with van der Waals surface area (Å²) in [6, 6.07) is 4.87. The molecule has 1 fully saturated rings. The minimum atomic E-state index is -0.558. The number of nitrogens with zero attached hydrogens (tertiary/aromatic N) is 2. The zero-order valence-corrected chi connectivity index (χ0v) is 13.5. The number of rotatable bonds is 4. The quantitative estimate of drug-likeness (QED) is 0.863. The second-order valence-electron chi connectivity index (χ2n) is 5.72. The van der Waals surface area contributed by atoms with Crippen LogP contribution in [0, 0.1) is 6.92 Å². The second-order valence-corrected chi connectivity index (χ2v) is 5.72. The van der Waals surface area contributed by atoms with Gasteiger partial charge in [0.15, 0.2) is 5.76 Å². The number of carbonyl (C=O) groups is 2. The second kappa shape index (κ2) is 7.27. The van der Waals surface area contributed by atoms with Crippen molar-refractivity contribution in [2.75, 3.05) is 19.6 Å². The van der Waals surface area contributed by atoms with Crippen LogP contribution in [0.1, 0.15) is 21.7 Å². The van der Waals surface area contributed by atoms with Crippen molar-refractivity contribution in [1.29, 1.82) is 0 Å². The van der Waals surface area contributed by atoms with Gasteiger partial charge < -0.3 is 20.0 Å². The van der Waals surface area contributed by atoms with Crippen molar-refractivity contribution in [3.05, 3.63) is 53.7 Å². The maximum atomic E-state index is 12.7. The first-order chi connectivity index (χ1) is 11.7. The average molecular weight is 328 g/mol. The summed E-state index contributed by atoms with van der Waals surface area (Å²) in [4.78, 5) is 30.8. The predicted octanol–water partition coefficient (Wildman–Crippen LogP) is 0.713. The van der Waals surface area contributed by atoms with Crippen LogP contribution >= 0.6 is 0 Å². The number of piperazine rings is 1. The molecule has 3 heterocycles. The third-order valence-electron chi connectivity index (χ3n) is 4.08. The van der Waals surface area contributed by atoms with Crippen LogP contribution in [0.15, 0.2) is 41.3 Å². The van der Waals surface area contributed by atoms with E-state index in [0.29, 0.717) is 31.9 Å². The van der Waals surface area contributed by atoms with E-state index in [0.717, 1.165) is 11.1 Å². The first-order valence-corrected chi connectivity index (χ1v) is 7.89. The van der Waals surface area contributed by atoms with Gasteiger partial charge in [-0.3, -0.25) is 14.6 Å². The molecule has 2 amide bonds. The molecule has 1 aliphatic rings. The molecule has 7 heteroatoms. The van der Waals surface area contributed by atoms with Crippen molar-refractivity contribution < 1.29 is 14.0 Å². The van der Waals surface area contributed by atoms with E-state index in [1.54, 1.807) is 23.4 Å². The van der Waals surface area contributed by atoms with Gasteiger partial charge >= 0.3 is 0 Å². The van der Waals surface area contributed by atoms with Crippen LogP contribution in [-0.2, 0) is 11.3 Å². The summed E-state index contributed by atoms with van der Waals surface area (Å²) >= 11 is 0. The van der Waals surface area contributed by atoms with Crippen LogP contribution in [0.2, 0.25) is 0 Å². The number of pyridine rings is 1. The van der Waals surface area contributed by atoms with Crippen molar-refractivity contribution in [2.45, 2.75) is 19.5 Å². The van der Waals surface area contributed by atoms with Gasteiger partial charge in [0, 0.05) is 44.1 Å². The number of amides is 2. The van der Waals surface area contributed by atoms with Crippen molar-refractivity contribution in [3.63, 3.8) is 0 Å². The monoisotopic (exact) mass is 328 g/mol. The third kappa shape index (κ3) is 3.46. The fraction of sp³-hybridized carbons (Fsp3) is 0.353.